The van der Waals surface area contributed by atoms with Crippen LogP contribution in [0.4, 0.5) is 15.8 Å². The SMILES string of the molecule is CC1(C)CC(Nc2ccc(F)c([N+](=O)[O-])c2)CC(C)(C)C1. The van der Waals surface area contributed by atoms with Gasteiger partial charge in [0.15, 0.2) is 0 Å². The highest BCUT2D eigenvalue weighted by atomic mass is 19.1. The lowest BCUT2D eigenvalue weighted by Crippen LogP contribution is -2.40. The Kier molecular flexibility index (Phi) is 3.95. The summed E-state index contributed by atoms with van der Waals surface area (Å²) in [6.07, 6.45) is 3.16. The monoisotopic (exact) mass is 294 g/mol. The van der Waals surface area contributed by atoms with Crippen molar-refractivity contribution in [1.82, 2.24) is 0 Å². The van der Waals surface area contributed by atoms with Gasteiger partial charge in [-0.1, -0.05) is 27.7 Å². The molecule has 0 amide bonds. The first kappa shape index (κ1) is 15.7. The predicted octanol–water partition coefficient (Wildman–Crippen LogP) is 4.75. The molecular formula is C16H23FN2O2. The van der Waals surface area contributed by atoms with Crippen molar-refractivity contribution in [2.45, 2.75) is 53.0 Å². The molecule has 0 atom stereocenters. The first-order valence-corrected chi connectivity index (χ1v) is 7.29. The molecule has 0 aromatic heterocycles. The van der Waals surface area contributed by atoms with Gasteiger partial charge in [-0.05, 0) is 42.2 Å². The Labute approximate surface area is 124 Å². The van der Waals surface area contributed by atoms with Gasteiger partial charge >= 0.3 is 5.69 Å². The van der Waals surface area contributed by atoms with Gasteiger partial charge in [0.25, 0.3) is 0 Å². The first-order valence-electron chi connectivity index (χ1n) is 7.29. The van der Waals surface area contributed by atoms with E-state index in [0.717, 1.165) is 25.3 Å². The molecule has 1 saturated carbocycles. The average molecular weight is 294 g/mol. The quantitative estimate of drug-likeness (QED) is 0.646. The van der Waals surface area contributed by atoms with Crippen LogP contribution < -0.4 is 5.32 Å². The van der Waals surface area contributed by atoms with E-state index in [1.165, 1.54) is 6.07 Å². The van der Waals surface area contributed by atoms with Gasteiger partial charge in [0.1, 0.15) is 0 Å². The second-order valence-corrected chi connectivity index (χ2v) is 7.68. The van der Waals surface area contributed by atoms with Crippen molar-refractivity contribution in [2.75, 3.05) is 5.32 Å². The number of nitrogens with one attached hydrogen (secondary N) is 1. The molecule has 1 aromatic rings. The third kappa shape index (κ3) is 3.93. The van der Waals surface area contributed by atoms with Crippen molar-refractivity contribution in [3.05, 3.63) is 34.1 Å². The van der Waals surface area contributed by atoms with Gasteiger partial charge in [-0.3, -0.25) is 10.1 Å². The Balaban J connectivity index is 2.18. The highest BCUT2D eigenvalue weighted by molar-refractivity contribution is 5.52. The van der Waals surface area contributed by atoms with E-state index >= 15 is 0 Å². The zero-order valence-electron chi connectivity index (χ0n) is 13.1. The fourth-order valence-corrected chi connectivity index (χ4v) is 3.93. The molecular weight excluding hydrogens is 271 g/mol. The fraction of sp³-hybridized carbons (Fsp3) is 0.625. The Morgan fingerprint density at radius 3 is 2.33 bits per heavy atom. The maximum atomic E-state index is 13.4. The number of nitro benzene ring substituents is 1. The van der Waals surface area contributed by atoms with E-state index in [0.29, 0.717) is 5.69 Å². The van der Waals surface area contributed by atoms with Gasteiger partial charge in [0, 0.05) is 17.8 Å². The van der Waals surface area contributed by atoms with Crippen LogP contribution in [-0.2, 0) is 0 Å². The van der Waals surface area contributed by atoms with Crippen molar-refractivity contribution in [3.8, 4) is 0 Å². The van der Waals surface area contributed by atoms with Gasteiger partial charge in [-0.25, -0.2) is 0 Å². The third-order valence-electron chi connectivity index (χ3n) is 4.07. The van der Waals surface area contributed by atoms with E-state index in [9.17, 15) is 14.5 Å². The van der Waals surface area contributed by atoms with E-state index in [1.807, 2.05) is 0 Å². The summed E-state index contributed by atoms with van der Waals surface area (Å²) >= 11 is 0. The summed E-state index contributed by atoms with van der Waals surface area (Å²) in [5.74, 6) is -0.796. The smallest absolute Gasteiger partial charge is 0.306 e. The van der Waals surface area contributed by atoms with E-state index in [-0.39, 0.29) is 16.9 Å². The molecule has 21 heavy (non-hydrogen) atoms. The molecule has 0 radical (unpaired) electrons. The molecule has 1 aliphatic carbocycles. The molecule has 0 bridgehead atoms. The van der Waals surface area contributed by atoms with Crippen molar-refractivity contribution >= 4 is 11.4 Å². The van der Waals surface area contributed by atoms with Crippen molar-refractivity contribution < 1.29 is 9.31 Å². The largest absolute Gasteiger partial charge is 0.382 e. The summed E-state index contributed by atoms with van der Waals surface area (Å²) in [7, 11) is 0. The number of benzene rings is 1. The van der Waals surface area contributed by atoms with Crippen LogP contribution in [0, 0.1) is 26.8 Å². The number of nitro groups is 1. The molecule has 1 aromatic carbocycles. The molecule has 0 aliphatic heterocycles. The Morgan fingerprint density at radius 2 is 1.81 bits per heavy atom. The van der Waals surface area contributed by atoms with Gasteiger partial charge < -0.3 is 5.32 Å². The van der Waals surface area contributed by atoms with Gasteiger partial charge in [0.2, 0.25) is 5.82 Å². The topological polar surface area (TPSA) is 55.2 Å². The molecule has 1 N–H and O–H groups in total. The number of halogens is 1. The standard InChI is InChI=1S/C16H23FN2O2/c1-15(2)8-12(9-16(3,4)10-15)18-11-5-6-13(17)14(7-11)19(20)21/h5-7,12,18H,8-10H2,1-4H3. The summed E-state index contributed by atoms with van der Waals surface area (Å²) in [4.78, 5) is 10.1. The second kappa shape index (κ2) is 5.28. The number of hydrogen-bond acceptors (Lipinski definition) is 3. The van der Waals surface area contributed by atoms with Crippen LogP contribution in [-0.4, -0.2) is 11.0 Å². The molecule has 1 aliphatic rings. The Hall–Kier alpha value is -1.65. The number of rotatable bonds is 3. The van der Waals surface area contributed by atoms with E-state index in [2.05, 4.69) is 33.0 Å². The zero-order valence-corrected chi connectivity index (χ0v) is 13.1. The van der Waals surface area contributed by atoms with Crippen molar-refractivity contribution in [1.29, 1.82) is 0 Å². The minimum absolute atomic E-state index is 0.228. The summed E-state index contributed by atoms with van der Waals surface area (Å²) in [6, 6.07) is 4.24. The lowest BCUT2D eigenvalue weighted by atomic mass is 9.63. The molecule has 0 unspecified atom stereocenters. The van der Waals surface area contributed by atoms with Gasteiger partial charge in [-0.2, -0.15) is 4.39 Å². The highest BCUT2D eigenvalue weighted by Gasteiger charge is 2.38. The van der Waals surface area contributed by atoms with Crippen molar-refractivity contribution in [3.63, 3.8) is 0 Å². The predicted molar refractivity (Wildman–Crippen MR) is 81.9 cm³/mol. The molecule has 4 nitrogen and oxygen atoms in total. The minimum atomic E-state index is -0.796. The molecule has 0 spiro atoms. The van der Waals surface area contributed by atoms with Crippen LogP contribution in [0.3, 0.4) is 0 Å². The summed E-state index contributed by atoms with van der Waals surface area (Å²) < 4.78 is 13.4. The van der Waals surface area contributed by atoms with Crippen LogP contribution in [0.15, 0.2) is 18.2 Å². The molecule has 0 saturated heterocycles. The molecule has 5 heteroatoms. The van der Waals surface area contributed by atoms with Gasteiger partial charge in [-0.15, -0.1) is 0 Å². The van der Waals surface area contributed by atoms with Crippen LogP contribution in [0.2, 0.25) is 0 Å². The fourth-order valence-electron chi connectivity index (χ4n) is 3.93. The van der Waals surface area contributed by atoms with Crippen LogP contribution in [0.25, 0.3) is 0 Å². The number of nitrogens with zero attached hydrogens (tertiary/aromatic N) is 1. The summed E-state index contributed by atoms with van der Waals surface area (Å²) in [5, 5.41) is 14.2. The van der Waals surface area contributed by atoms with Crippen LogP contribution >= 0.6 is 0 Å². The zero-order chi connectivity index (χ0) is 15.8. The maximum Gasteiger partial charge on any atom is 0.306 e. The Morgan fingerprint density at radius 1 is 1.24 bits per heavy atom. The lowest BCUT2D eigenvalue weighted by molar-refractivity contribution is -0.387. The maximum absolute atomic E-state index is 13.4. The van der Waals surface area contributed by atoms with Gasteiger partial charge in [0.05, 0.1) is 4.92 Å². The normalized spacial score (nSPS) is 21.0. The first-order chi connectivity index (χ1) is 9.58. The molecule has 0 heterocycles. The minimum Gasteiger partial charge on any atom is -0.382 e. The highest BCUT2D eigenvalue weighted by Crippen LogP contribution is 2.46. The van der Waals surface area contributed by atoms with Crippen molar-refractivity contribution in [2.24, 2.45) is 10.8 Å². The molecule has 1 fully saturated rings. The molecule has 2 rings (SSSR count). The lowest BCUT2D eigenvalue weighted by Gasteiger charge is -2.45. The number of hydrogen-bond donors (Lipinski definition) is 1. The second-order valence-electron chi connectivity index (χ2n) is 7.68. The average Bonchev–Trinajstić information content (AvgIpc) is 2.27. The van der Waals surface area contributed by atoms with Crippen LogP contribution in [0.1, 0.15) is 47.0 Å². The molecule has 116 valence electrons. The van der Waals surface area contributed by atoms with E-state index < -0.39 is 16.4 Å². The van der Waals surface area contributed by atoms with E-state index in [4.69, 9.17) is 0 Å². The van der Waals surface area contributed by atoms with Crippen LogP contribution in [0.5, 0.6) is 0 Å². The van der Waals surface area contributed by atoms with E-state index in [1.54, 1.807) is 6.07 Å². The number of anilines is 1. The Bertz CT molecular complexity index is 539. The summed E-state index contributed by atoms with van der Waals surface area (Å²) in [5.41, 5.74) is 0.590. The summed E-state index contributed by atoms with van der Waals surface area (Å²) in [6.45, 7) is 8.98. The third-order valence-corrected chi connectivity index (χ3v) is 4.07.